The molecule has 0 fully saturated rings. The fraction of sp³-hybridized carbons (Fsp3) is 0.250. The molecule has 1 aromatic carbocycles. The topological polar surface area (TPSA) is 26.0 Å². The summed E-state index contributed by atoms with van der Waals surface area (Å²) in [6.07, 6.45) is 0. The molecule has 0 saturated heterocycles. The second-order valence-corrected chi connectivity index (χ2v) is 6.60. The van der Waals surface area contributed by atoms with Crippen LogP contribution in [0.4, 0.5) is 0 Å². The molecule has 3 rings (SSSR count). The molecule has 0 bridgehead atoms. The van der Waals surface area contributed by atoms with Gasteiger partial charge < -0.3 is 4.57 Å². The van der Waals surface area contributed by atoms with Crippen LogP contribution < -0.4 is 0 Å². The van der Waals surface area contributed by atoms with Crippen molar-refractivity contribution in [1.82, 2.24) is 19.2 Å². The maximum Gasteiger partial charge on any atom is 0.199 e. The van der Waals surface area contributed by atoms with Crippen LogP contribution in [-0.2, 0) is 20.3 Å². The number of nitrogens with zero attached hydrogens (tertiary/aromatic N) is 4. The van der Waals surface area contributed by atoms with Gasteiger partial charge in [0.1, 0.15) is 0 Å². The number of rotatable bonds is 5. The van der Waals surface area contributed by atoms with Gasteiger partial charge in [0.05, 0.1) is 11.5 Å². The van der Waals surface area contributed by atoms with Crippen molar-refractivity contribution in [3.63, 3.8) is 0 Å². The molecule has 2 heterocycles. The average Bonchev–Trinajstić information content (AvgIpc) is 3.12. The molecule has 2 aromatic heterocycles. The SMILES string of the molecule is CN(Cc1ccccc1)Cn1nc(-c2cccs2)n(C)c1=S. The van der Waals surface area contributed by atoms with Crippen molar-refractivity contribution < 1.29 is 0 Å². The van der Waals surface area contributed by atoms with Gasteiger partial charge in [0.25, 0.3) is 0 Å². The predicted octanol–water partition coefficient (Wildman–Crippen LogP) is 3.77. The Balaban J connectivity index is 1.78. The summed E-state index contributed by atoms with van der Waals surface area (Å²) >= 11 is 7.19. The maximum atomic E-state index is 5.51. The van der Waals surface area contributed by atoms with Crippen LogP contribution in [0.1, 0.15) is 5.56 Å². The van der Waals surface area contributed by atoms with Crippen LogP contribution in [-0.4, -0.2) is 26.3 Å². The van der Waals surface area contributed by atoms with Crippen molar-refractivity contribution in [1.29, 1.82) is 0 Å². The van der Waals surface area contributed by atoms with Gasteiger partial charge in [0.15, 0.2) is 10.6 Å². The van der Waals surface area contributed by atoms with Crippen molar-refractivity contribution in [2.75, 3.05) is 7.05 Å². The van der Waals surface area contributed by atoms with Crippen LogP contribution in [0.25, 0.3) is 10.7 Å². The lowest BCUT2D eigenvalue weighted by molar-refractivity contribution is 0.244. The Morgan fingerprint density at radius 3 is 2.64 bits per heavy atom. The van der Waals surface area contributed by atoms with Gasteiger partial charge in [-0.25, -0.2) is 4.68 Å². The minimum atomic E-state index is 0.674. The average molecular weight is 330 g/mol. The number of hydrogen-bond donors (Lipinski definition) is 0. The summed E-state index contributed by atoms with van der Waals surface area (Å²) in [6, 6.07) is 14.5. The molecule has 22 heavy (non-hydrogen) atoms. The normalized spacial score (nSPS) is 11.2. The van der Waals surface area contributed by atoms with Crippen LogP contribution in [0.5, 0.6) is 0 Å². The largest absolute Gasteiger partial charge is 0.302 e. The van der Waals surface area contributed by atoms with Crippen LogP contribution in [0, 0.1) is 4.77 Å². The van der Waals surface area contributed by atoms with E-state index in [-0.39, 0.29) is 0 Å². The third kappa shape index (κ3) is 3.19. The van der Waals surface area contributed by atoms with Crippen LogP contribution in [0.2, 0.25) is 0 Å². The number of benzene rings is 1. The summed E-state index contributed by atoms with van der Waals surface area (Å²) < 4.78 is 4.59. The molecular formula is C16H18N4S2. The van der Waals surface area contributed by atoms with E-state index in [2.05, 4.69) is 52.8 Å². The molecule has 0 saturated carbocycles. The highest BCUT2D eigenvalue weighted by Crippen LogP contribution is 2.22. The Kier molecular flexibility index (Phi) is 4.52. The van der Waals surface area contributed by atoms with Crippen LogP contribution in [0.15, 0.2) is 47.8 Å². The highest BCUT2D eigenvalue weighted by atomic mass is 32.1. The predicted molar refractivity (Wildman–Crippen MR) is 93.3 cm³/mol. The first-order valence-corrected chi connectivity index (χ1v) is 8.34. The molecule has 0 spiro atoms. The van der Waals surface area contributed by atoms with Crippen molar-refractivity contribution in [3.8, 4) is 10.7 Å². The van der Waals surface area contributed by atoms with E-state index in [4.69, 9.17) is 12.2 Å². The molecule has 6 heteroatoms. The molecule has 0 aliphatic heterocycles. The maximum absolute atomic E-state index is 5.51. The Hall–Kier alpha value is -1.76. The molecule has 0 aliphatic rings. The smallest absolute Gasteiger partial charge is 0.199 e. The van der Waals surface area contributed by atoms with Gasteiger partial charge in [-0.15, -0.1) is 16.4 Å². The summed E-state index contributed by atoms with van der Waals surface area (Å²) in [5, 5.41) is 6.73. The molecule has 4 nitrogen and oxygen atoms in total. The molecule has 0 unspecified atom stereocenters. The quantitative estimate of drug-likeness (QED) is 0.666. The van der Waals surface area contributed by atoms with E-state index in [1.165, 1.54) is 5.56 Å². The summed E-state index contributed by atoms with van der Waals surface area (Å²) in [5.74, 6) is 0.924. The van der Waals surface area contributed by atoms with Gasteiger partial charge in [0, 0.05) is 13.6 Å². The van der Waals surface area contributed by atoms with E-state index in [0.717, 1.165) is 22.0 Å². The Labute approximate surface area is 139 Å². The highest BCUT2D eigenvalue weighted by Gasteiger charge is 2.12. The third-order valence-corrected chi connectivity index (χ3v) is 4.80. The number of hydrogen-bond acceptors (Lipinski definition) is 4. The molecule has 0 atom stereocenters. The highest BCUT2D eigenvalue weighted by molar-refractivity contribution is 7.71. The number of aromatic nitrogens is 3. The summed E-state index contributed by atoms with van der Waals surface area (Å²) in [6.45, 7) is 1.54. The van der Waals surface area contributed by atoms with Crippen molar-refractivity contribution in [3.05, 3.63) is 58.2 Å². The molecular weight excluding hydrogens is 312 g/mol. The van der Waals surface area contributed by atoms with Crippen molar-refractivity contribution in [2.45, 2.75) is 13.2 Å². The van der Waals surface area contributed by atoms with Gasteiger partial charge in [-0.1, -0.05) is 36.4 Å². The monoisotopic (exact) mass is 330 g/mol. The van der Waals surface area contributed by atoms with E-state index in [9.17, 15) is 0 Å². The van der Waals surface area contributed by atoms with E-state index in [1.54, 1.807) is 11.3 Å². The first kappa shape index (κ1) is 15.1. The molecule has 114 valence electrons. The second kappa shape index (κ2) is 6.56. The first-order valence-electron chi connectivity index (χ1n) is 7.05. The minimum Gasteiger partial charge on any atom is -0.302 e. The zero-order valence-electron chi connectivity index (χ0n) is 12.6. The van der Waals surface area contributed by atoms with Gasteiger partial charge in [0.2, 0.25) is 0 Å². The Bertz CT molecular complexity index is 787. The van der Waals surface area contributed by atoms with E-state index < -0.39 is 0 Å². The zero-order valence-corrected chi connectivity index (χ0v) is 14.3. The molecule has 0 amide bonds. The molecule has 0 N–H and O–H groups in total. The lowest BCUT2D eigenvalue weighted by Gasteiger charge is -2.16. The fourth-order valence-corrected chi connectivity index (χ4v) is 3.30. The van der Waals surface area contributed by atoms with Gasteiger partial charge in [-0.05, 0) is 36.3 Å². The lowest BCUT2D eigenvalue weighted by atomic mass is 10.2. The summed E-state index contributed by atoms with van der Waals surface area (Å²) in [4.78, 5) is 3.34. The van der Waals surface area contributed by atoms with Crippen LogP contribution >= 0.6 is 23.6 Å². The second-order valence-electron chi connectivity index (χ2n) is 5.28. The standard InChI is InChI=1S/C16H18N4S2/c1-18(11-13-7-4-3-5-8-13)12-20-16(21)19(2)15(17-20)14-9-6-10-22-14/h3-10H,11-12H2,1-2H3. The minimum absolute atomic E-state index is 0.674. The van der Waals surface area contributed by atoms with E-state index in [0.29, 0.717) is 6.67 Å². The van der Waals surface area contributed by atoms with Crippen molar-refractivity contribution >= 4 is 23.6 Å². The third-order valence-electron chi connectivity index (χ3n) is 3.45. The summed E-state index contributed by atoms with van der Waals surface area (Å²) in [5.41, 5.74) is 1.28. The lowest BCUT2D eigenvalue weighted by Crippen LogP contribution is -2.22. The zero-order chi connectivity index (χ0) is 15.5. The Morgan fingerprint density at radius 1 is 1.18 bits per heavy atom. The summed E-state index contributed by atoms with van der Waals surface area (Å²) in [7, 11) is 4.05. The fourth-order valence-electron chi connectivity index (χ4n) is 2.37. The molecule has 0 radical (unpaired) electrons. The van der Waals surface area contributed by atoms with Crippen molar-refractivity contribution in [2.24, 2.45) is 7.05 Å². The van der Waals surface area contributed by atoms with Crippen LogP contribution in [0.3, 0.4) is 0 Å². The Morgan fingerprint density at radius 2 is 1.95 bits per heavy atom. The van der Waals surface area contributed by atoms with E-state index >= 15 is 0 Å². The number of thiophene rings is 1. The van der Waals surface area contributed by atoms with Gasteiger partial charge in [-0.2, -0.15) is 0 Å². The first-order chi connectivity index (χ1) is 10.6. The van der Waals surface area contributed by atoms with Gasteiger partial charge in [-0.3, -0.25) is 4.90 Å². The van der Waals surface area contributed by atoms with E-state index in [1.807, 2.05) is 28.4 Å². The molecule has 0 aliphatic carbocycles. The van der Waals surface area contributed by atoms with Gasteiger partial charge >= 0.3 is 0 Å². The molecule has 3 aromatic rings.